The topological polar surface area (TPSA) is 54.8 Å². The van der Waals surface area contributed by atoms with Crippen molar-refractivity contribution in [3.63, 3.8) is 0 Å². The first kappa shape index (κ1) is 13.5. The average molecular weight is 299 g/mol. The molecular formula is C16H17N3O3. The van der Waals surface area contributed by atoms with E-state index in [0.29, 0.717) is 0 Å². The lowest BCUT2D eigenvalue weighted by Crippen LogP contribution is -2.33. The minimum atomic E-state index is -0.702. The molecule has 0 saturated carbocycles. The summed E-state index contributed by atoms with van der Waals surface area (Å²) in [5.41, 5.74) is 2.11. The molecule has 2 amide bonds. The van der Waals surface area contributed by atoms with Gasteiger partial charge in [0, 0.05) is 38.2 Å². The summed E-state index contributed by atoms with van der Waals surface area (Å²) in [6.45, 7) is 0. The number of aryl methyl sites for hydroxylation is 1. The molecule has 0 bridgehead atoms. The largest absolute Gasteiger partial charge is 0.350 e. The summed E-state index contributed by atoms with van der Waals surface area (Å²) >= 11 is 0. The van der Waals surface area contributed by atoms with Crippen LogP contribution in [0, 0.1) is 5.92 Å². The zero-order valence-corrected chi connectivity index (χ0v) is 12.7. The van der Waals surface area contributed by atoms with Gasteiger partial charge in [0.05, 0.1) is 12.0 Å². The highest BCUT2D eigenvalue weighted by molar-refractivity contribution is 6.07. The van der Waals surface area contributed by atoms with Gasteiger partial charge >= 0.3 is 0 Å². The predicted octanol–water partition coefficient (Wildman–Crippen LogP) is 1.08. The maximum atomic E-state index is 12.5. The van der Waals surface area contributed by atoms with Crippen molar-refractivity contribution in [2.45, 2.75) is 12.1 Å². The molecule has 0 aliphatic carbocycles. The molecule has 2 aliphatic rings. The van der Waals surface area contributed by atoms with E-state index in [1.165, 1.54) is 11.9 Å². The maximum absolute atomic E-state index is 12.5. The Morgan fingerprint density at radius 3 is 2.55 bits per heavy atom. The summed E-state index contributed by atoms with van der Waals surface area (Å²) < 4.78 is 2.04. The van der Waals surface area contributed by atoms with E-state index >= 15 is 0 Å². The first-order chi connectivity index (χ1) is 10.5. The average Bonchev–Trinajstić information content (AvgIpc) is 3.08. The number of likely N-dealkylation sites (N-methyl/N-ethyl adjacent to an activating group) is 1. The van der Waals surface area contributed by atoms with Crippen LogP contribution >= 0.6 is 0 Å². The standard InChI is InChI=1S/C16H17N3O3/c1-17-8-10(9-6-4-5-7-11(9)17)13-12-14(22-19(13)3)16(21)18(2)15(12)20/h4-8,12-14H,1-3H3/t12-,13-,14+/m1/s1. The molecular weight excluding hydrogens is 282 g/mol. The molecule has 2 aliphatic heterocycles. The third-order valence-electron chi connectivity index (χ3n) is 4.77. The normalized spacial score (nSPS) is 28.9. The van der Waals surface area contributed by atoms with Crippen molar-refractivity contribution in [2.75, 3.05) is 14.1 Å². The first-order valence-corrected chi connectivity index (χ1v) is 7.25. The number of hydroxylamine groups is 2. The van der Waals surface area contributed by atoms with Gasteiger partial charge in [-0.05, 0) is 11.6 Å². The number of para-hydroxylation sites is 1. The number of nitrogens with zero attached hydrogens (tertiary/aromatic N) is 3. The Hall–Kier alpha value is -2.18. The van der Waals surface area contributed by atoms with Crippen LogP contribution in [0.5, 0.6) is 0 Å². The Labute approximate surface area is 127 Å². The summed E-state index contributed by atoms with van der Waals surface area (Å²) in [5.74, 6) is -0.907. The number of likely N-dealkylation sites (tertiary alicyclic amines) is 1. The summed E-state index contributed by atoms with van der Waals surface area (Å²) in [7, 11) is 5.28. The number of aromatic nitrogens is 1. The molecule has 114 valence electrons. The van der Waals surface area contributed by atoms with E-state index in [0.717, 1.165) is 16.5 Å². The van der Waals surface area contributed by atoms with Gasteiger partial charge in [0.25, 0.3) is 5.91 Å². The van der Waals surface area contributed by atoms with Gasteiger partial charge in [0.15, 0.2) is 6.10 Å². The molecule has 0 radical (unpaired) electrons. The number of hydrogen-bond donors (Lipinski definition) is 0. The highest BCUT2D eigenvalue weighted by atomic mass is 16.7. The van der Waals surface area contributed by atoms with Crippen LogP contribution in [0.3, 0.4) is 0 Å². The molecule has 1 aromatic heterocycles. The van der Waals surface area contributed by atoms with Crippen LogP contribution in [-0.4, -0.2) is 46.5 Å². The van der Waals surface area contributed by atoms with Crippen LogP contribution in [0.25, 0.3) is 10.9 Å². The smallest absolute Gasteiger partial charge is 0.261 e. The number of fused-ring (bicyclic) bond motifs is 2. The van der Waals surface area contributed by atoms with E-state index < -0.39 is 12.0 Å². The second-order valence-electron chi connectivity index (χ2n) is 5.99. The molecule has 0 unspecified atom stereocenters. The van der Waals surface area contributed by atoms with Gasteiger partial charge in [-0.25, -0.2) is 0 Å². The number of rotatable bonds is 1. The van der Waals surface area contributed by atoms with E-state index in [1.807, 2.05) is 42.1 Å². The Bertz CT molecular complexity index is 797. The summed E-state index contributed by atoms with van der Waals surface area (Å²) in [5, 5.41) is 2.74. The lowest BCUT2D eigenvalue weighted by atomic mass is 9.91. The van der Waals surface area contributed by atoms with Crippen molar-refractivity contribution in [3.05, 3.63) is 36.0 Å². The first-order valence-electron chi connectivity index (χ1n) is 7.25. The number of benzene rings is 1. The molecule has 6 heteroatoms. The van der Waals surface area contributed by atoms with E-state index in [9.17, 15) is 9.59 Å². The van der Waals surface area contributed by atoms with Crippen LogP contribution in [-0.2, 0) is 21.5 Å². The van der Waals surface area contributed by atoms with Crippen molar-refractivity contribution in [1.82, 2.24) is 14.5 Å². The number of carbonyl (C=O) groups is 2. The Balaban J connectivity index is 1.87. The van der Waals surface area contributed by atoms with Crippen LogP contribution in [0.1, 0.15) is 11.6 Å². The molecule has 22 heavy (non-hydrogen) atoms. The molecule has 2 saturated heterocycles. The van der Waals surface area contributed by atoms with Crippen molar-refractivity contribution in [3.8, 4) is 0 Å². The minimum absolute atomic E-state index is 0.169. The Morgan fingerprint density at radius 2 is 1.77 bits per heavy atom. The summed E-state index contributed by atoms with van der Waals surface area (Å²) in [4.78, 5) is 31.5. The fourth-order valence-corrected chi connectivity index (χ4v) is 3.69. The van der Waals surface area contributed by atoms with Gasteiger partial charge in [-0.3, -0.25) is 19.3 Å². The second kappa shape index (κ2) is 4.41. The molecule has 6 nitrogen and oxygen atoms in total. The van der Waals surface area contributed by atoms with Crippen LogP contribution in [0.2, 0.25) is 0 Å². The molecule has 1 aromatic carbocycles. The van der Waals surface area contributed by atoms with Gasteiger partial charge < -0.3 is 4.57 Å². The number of hydrogen-bond acceptors (Lipinski definition) is 4. The summed E-state index contributed by atoms with van der Waals surface area (Å²) in [6.07, 6.45) is 1.32. The van der Waals surface area contributed by atoms with Crippen molar-refractivity contribution >= 4 is 22.7 Å². The quantitative estimate of drug-likeness (QED) is 0.740. The maximum Gasteiger partial charge on any atom is 0.261 e. The van der Waals surface area contributed by atoms with Gasteiger partial charge in [-0.2, -0.15) is 5.06 Å². The van der Waals surface area contributed by atoms with E-state index in [-0.39, 0.29) is 17.9 Å². The monoisotopic (exact) mass is 299 g/mol. The van der Waals surface area contributed by atoms with E-state index in [4.69, 9.17) is 4.84 Å². The Kier molecular flexibility index (Phi) is 2.70. The van der Waals surface area contributed by atoms with Crippen molar-refractivity contribution < 1.29 is 14.4 Å². The summed E-state index contributed by atoms with van der Waals surface area (Å²) in [6, 6.07) is 7.79. The van der Waals surface area contributed by atoms with E-state index in [1.54, 1.807) is 12.1 Å². The molecule has 0 N–H and O–H groups in total. The van der Waals surface area contributed by atoms with Crippen LogP contribution in [0.15, 0.2) is 30.5 Å². The molecule has 3 atom stereocenters. The second-order valence-corrected chi connectivity index (χ2v) is 5.99. The van der Waals surface area contributed by atoms with Crippen molar-refractivity contribution in [2.24, 2.45) is 13.0 Å². The third kappa shape index (κ3) is 1.56. The Morgan fingerprint density at radius 1 is 1.05 bits per heavy atom. The predicted molar refractivity (Wildman–Crippen MR) is 79.6 cm³/mol. The lowest BCUT2D eigenvalue weighted by Gasteiger charge is -2.22. The number of carbonyl (C=O) groups excluding carboxylic acids is 2. The van der Waals surface area contributed by atoms with Gasteiger partial charge in [0.1, 0.15) is 0 Å². The fraction of sp³-hybridized carbons (Fsp3) is 0.375. The highest BCUT2D eigenvalue weighted by Gasteiger charge is 2.58. The molecule has 0 spiro atoms. The highest BCUT2D eigenvalue weighted by Crippen LogP contribution is 2.45. The van der Waals surface area contributed by atoms with Gasteiger partial charge in [-0.15, -0.1) is 0 Å². The number of amides is 2. The molecule has 2 fully saturated rings. The van der Waals surface area contributed by atoms with Gasteiger partial charge in [-0.1, -0.05) is 18.2 Å². The van der Waals surface area contributed by atoms with Crippen LogP contribution in [0.4, 0.5) is 0 Å². The lowest BCUT2D eigenvalue weighted by molar-refractivity contribution is -0.168. The number of imide groups is 1. The fourth-order valence-electron chi connectivity index (χ4n) is 3.69. The van der Waals surface area contributed by atoms with Gasteiger partial charge in [0.2, 0.25) is 5.91 Å². The zero-order valence-electron chi connectivity index (χ0n) is 12.7. The van der Waals surface area contributed by atoms with Crippen molar-refractivity contribution in [1.29, 1.82) is 0 Å². The molecule has 4 rings (SSSR count). The molecule has 3 heterocycles. The minimum Gasteiger partial charge on any atom is -0.350 e. The molecule has 2 aromatic rings. The third-order valence-corrected chi connectivity index (χ3v) is 4.77. The SMILES string of the molecule is CN1C(=O)[C@H]2[C@H](ON(C)[C@@H]2c2cn(C)c3ccccc23)C1=O. The van der Waals surface area contributed by atoms with E-state index in [2.05, 4.69) is 0 Å². The zero-order chi connectivity index (χ0) is 15.6. The van der Waals surface area contributed by atoms with Crippen LogP contribution < -0.4 is 0 Å².